The molecule has 28 heavy (non-hydrogen) atoms. The Morgan fingerprint density at radius 2 is 1.71 bits per heavy atom. The van der Waals surface area contributed by atoms with Gasteiger partial charge in [-0.15, -0.1) is 0 Å². The van der Waals surface area contributed by atoms with Crippen molar-refractivity contribution in [3.63, 3.8) is 0 Å². The maximum Gasteiger partial charge on any atom is 0.260 e. The zero-order valence-electron chi connectivity index (χ0n) is 15.5. The Kier molecular flexibility index (Phi) is 4.97. The highest BCUT2D eigenvalue weighted by Crippen LogP contribution is 2.23. The summed E-state index contributed by atoms with van der Waals surface area (Å²) in [5.74, 6) is 0.302. The van der Waals surface area contributed by atoms with E-state index < -0.39 is 0 Å². The third-order valence-corrected chi connectivity index (χ3v) is 4.40. The van der Waals surface area contributed by atoms with Crippen molar-refractivity contribution in [1.29, 1.82) is 0 Å². The number of carbonyl (C=O) groups is 1. The first-order valence-corrected chi connectivity index (χ1v) is 9.10. The number of hydrogen-bond donors (Lipinski definition) is 1. The number of amides is 1. The Bertz CT molecular complexity index is 1090. The van der Waals surface area contributed by atoms with E-state index in [4.69, 9.17) is 5.10 Å². The summed E-state index contributed by atoms with van der Waals surface area (Å²) < 4.78 is 1.80. The van der Waals surface area contributed by atoms with Gasteiger partial charge in [0.05, 0.1) is 12.1 Å². The first-order chi connectivity index (χ1) is 13.7. The molecule has 0 unspecified atom stereocenters. The lowest BCUT2D eigenvalue weighted by atomic mass is 10.1. The van der Waals surface area contributed by atoms with Gasteiger partial charge in [-0.05, 0) is 30.2 Å². The molecule has 0 aliphatic rings. The van der Waals surface area contributed by atoms with Crippen LogP contribution in [0.1, 0.15) is 21.5 Å². The first-order valence-electron chi connectivity index (χ1n) is 9.10. The fraction of sp³-hybridized carbons (Fsp3) is 0.0870. The summed E-state index contributed by atoms with van der Waals surface area (Å²) in [4.78, 5) is 17.2. The van der Waals surface area contributed by atoms with Gasteiger partial charge in [0.2, 0.25) is 0 Å². The number of carbonyl (C=O) groups excluding carboxylic acids is 1. The van der Waals surface area contributed by atoms with Crippen LogP contribution in [0.3, 0.4) is 0 Å². The fourth-order valence-corrected chi connectivity index (χ4v) is 3.04. The van der Waals surface area contributed by atoms with Crippen LogP contribution in [0, 0.1) is 6.92 Å². The van der Waals surface area contributed by atoms with E-state index in [0.29, 0.717) is 23.6 Å². The Morgan fingerprint density at radius 1 is 1.00 bits per heavy atom. The topological polar surface area (TPSA) is 59.8 Å². The standard InChI is InChI=1S/C23H20N4O/c1-17-12-13-24-21(14-17)25-23(28)20-16-27(15-18-8-4-2-5-9-18)26-22(20)19-10-6-3-7-11-19/h2-14,16H,15H2,1H3,(H,24,25,28). The average Bonchev–Trinajstić information content (AvgIpc) is 3.13. The highest BCUT2D eigenvalue weighted by atomic mass is 16.1. The molecular weight excluding hydrogens is 348 g/mol. The lowest BCUT2D eigenvalue weighted by Gasteiger charge is -2.05. The van der Waals surface area contributed by atoms with Crippen molar-refractivity contribution in [3.8, 4) is 11.3 Å². The van der Waals surface area contributed by atoms with E-state index >= 15 is 0 Å². The second kappa shape index (κ2) is 7.88. The van der Waals surface area contributed by atoms with Gasteiger partial charge in [-0.3, -0.25) is 9.48 Å². The molecule has 2 aromatic heterocycles. The highest BCUT2D eigenvalue weighted by Gasteiger charge is 2.18. The van der Waals surface area contributed by atoms with Crippen LogP contribution < -0.4 is 5.32 Å². The van der Waals surface area contributed by atoms with Gasteiger partial charge >= 0.3 is 0 Å². The van der Waals surface area contributed by atoms with E-state index in [1.165, 1.54) is 0 Å². The third-order valence-electron chi connectivity index (χ3n) is 4.40. The van der Waals surface area contributed by atoms with Crippen molar-refractivity contribution in [2.24, 2.45) is 0 Å². The van der Waals surface area contributed by atoms with Crippen molar-refractivity contribution < 1.29 is 4.79 Å². The predicted octanol–water partition coefficient (Wildman–Crippen LogP) is 4.55. The van der Waals surface area contributed by atoms with Crippen LogP contribution in [0.4, 0.5) is 5.82 Å². The molecule has 0 fully saturated rings. The van der Waals surface area contributed by atoms with Crippen molar-refractivity contribution in [2.45, 2.75) is 13.5 Å². The van der Waals surface area contributed by atoms with Gasteiger partial charge in [0, 0.05) is 18.0 Å². The average molecular weight is 368 g/mol. The Labute approximate surface area is 163 Å². The largest absolute Gasteiger partial charge is 0.306 e. The molecule has 0 atom stereocenters. The van der Waals surface area contributed by atoms with E-state index in [2.05, 4.69) is 10.3 Å². The lowest BCUT2D eigenvalue weighted by molar-refractivity contribution is 0.102. The molecule has 0 spiro atoms. The van der Waals surface area contributed by atoms with Crippen LogP contribution in [-0.4, -0.2) is 20.7 Å². The SMILES string of the molecule is Cc1ccnc(NC(=O)c2cn(Cc3ccccc3)nc2-c2ccccc2)c1. The predicted molar refractivity (Wildman–Crippen MR) is 110 cm³/mol. The van der Waals surface area contributed by atoms with Crippen LogP contribution in [0.25, 0.3) is 11.3 Å². The molecule has 5 nitrogen and oxygen atoms in total. The minimum Gasteiger partial charge on any atom is -0.306 e. The maximum absolute atomic E-state index is 13.0. The van der Waals surface area contributed by atoms with Gasteiger partial charge < -0.3 is 5.32 Å². The highest BCUT2D eigenvalue weighted by molar-refractivity contribution is 6.07. The minimum atomic E-state index is -0.226. The van der Waals surface area contributed by atoms with E-state index in [1.54, 1.807) is 17.1 Å². The van der Waals surface area contributed by atoms with Crippen molar-refractivity contribution in [1.82, 2.24) is 14.8 Å². The number of anilines is 1. The van der Waals surface area contributed by atoms with Gasteiger partial charge in [-0.1, -0.05) is 60.7 Å². The van der Waals surface area contributed by atoms with Crippen LogP contribution >= 0.6 is 0 Å². The van der Waals surface area contributed by atoms with Gasteiger partial charge in [-0.2, -0.15) is 5.10 Å². The quantitative estimate of drug-likeness (QED) is 0.562. The summed E-state index contributed by atoms with van der Waals surface area (Å²) in [7, 11) is 0. The molecule has 138 valence electrons. The number of aromatic nitrogens is 3. The lowest BCUT2D eigenvalue weighted by Crippen LogP contribution is -2.13. The minimum absolute atomic E-state index is 0.226. The molecule has 0 saturated carbocycles. The summed E-state index contributed by atoms with van der Waals surface area (Å²) >= 11 is 0. The summed E-state index contributed by atoms with van der Waals surface area (Å²) in [6, 6.07) is 23.5. The molecule has 0 aliphatic heterocycles. The van der Waals surface area contributed by atoms with Crippen LogP contribution in [-0.2, 0) is 6.54 Å². The van der Waals surface area contributed by atoms with E-state index in [0.717, 1.165) is 16.7 Å². The number of nitrogens with one attached hydrogen (secondary N) is 1. The number of benzene rings is 2. The van der Waals surface area contributed by atoms with Crippen LogP contribution in [0.2, 0.25) is 0 Å². The van der Waals surface area contributed by atoms with Gasteiger partial charge in [0.25, 0.3) is 5.91 Å². The first kappa shape index (κ1) is 17.7. The molecule has 0 aliphatic carbocycles. The molecular formula is C23H20N4O. The second-order valence-electron chi connectivity index (χ2n) is 6.61. The number of hydrogen-bond acceptors (Lipinski definition) is 3. The maximum atomic E-state index is 13.0. The zero-order chi connectivity index (χ0) is 19.3. The number of rotatable bonds is 5. The van der Waals surface area contributed by atoms with Crippen molar-refractivity contribution in [3.05, 3.63) is 102 Å². The van der Waals surface area contributed by atoms with Crippen LogP contribution in [0.5, 0.6) is 0 Å². The summed E-state index contributed by atoms with van der Waals surface area (Å²) in [5.41, 5.74) is 4.23. The zero-order valence-corrected chi connectivity index (χ0v) is 15.5. The van der Waals surface area contributed by atoms with Crippen molar-refractivity contribution >= 4 is 11.7 Å². The Morgan fingerprint density at radius 3 is 2.43 bits per heavy atom. The molecule has 2 heterocycles. The third kappa shape index (κ3) is 3.99. The molecule has 1 N–H and O–H groups in total. The normalized spacial score (nSPS) is 10.6. The fourth-order valence-electron chi connectivity index (χ4n) is 3.04. The molecule has 0 radical (unpaired) electrons. The molecule has 2 aromatic carbocycles. The summed E-state index contributed by atoms with van der Waals surface area (Å²) in [6.45, 7) is 2.56. The number of nitrogens with zero attached hydrogens (tertiary/aromatic N) is 3. The molecule has 0 saturated heterocycles. The van der Waals surface area contributed by atoms with Crippen molar-refractivity contribution in [2.75, 3.05) is 5.32 Å². The monoisotopic (exact) mass is 368 g/mol. The molecule has 4 aromatic rings. The van der Waals surface area contributed by atoms with Gasteiger partial charge in [-0.25, -0.2) is 4.98 Å². The molecule has 1 amide bonds. The second-order valence-corrected chi connectivity index (χ2v) is 6.61. The summed E-state index contributed by atoms with van der Waals surface area (Å²) in [6.07, 6.45) is 3.47. The molecule has 4 rings (SSSR count). The van der Waals surface area contributed by atoms with Crippen LogP contribution in [0.15, 0.2) is 85.2 Å². The number of pyridine rings is 1. The smallest absolute Gasteiger partial charge is 0.260 e. The number of aryl methyl sites for hydroxylation is 1. The molecule has 5 heteroatoms. The Hall–Kier alpha value is -3.73. The molecule has 0 bridgehead atoms. The summed E-state index contributed by atoms with van der Waals surface area (Å²) in [5, 5.41) is 7.57. The Balaban J connectivity index is 1.68. The van der Waals surface area contributed by atoms with E-state index in [-0.39, 0.29) is 5.91 Å². The van der Waals surface area contributed by atoms with Gasteiger partial charge in [0.15, 0.2) is 0 Å². The van der Waals surface area contributed by atoms with Gasteiger partial charge in [0.1, 0.15) is 11.5 Å². The van der Waals surface area contributed by atoms with E-state index in [9.17, 15) is 4.79 Å². The van der Waals surface area contributed by atoms with E-state index in [1.807, 2.05) is 79.7 Å².